The second-order valence-corrected chi connectivity index (χ2v) is 7.65. The molecule has 2 rings (SSSR count). The lowest BCUT2D eigenvalue weighted by molar-refractivity contribution is 0.0938. The Labute approximate surface area is 172 Å². The van der Waals surface area contributed by atoms with Crippen LogP contribution in [0.3, 0.4) is 0 Å². The van der Waals surface area contributed by atoms with Crippen molar-refractivity contribution < 1.29 is 9.59 Å². The second kappa shape index (κ2) is 9.71. The van der Waals surface area contributed by atoms with Gasteiger partial charge in [0.2, 0.25) is 0 Å². The van der Waals surface area contributed by atoms with Gasteiger partial charge < -0.3 is 15.5 Å². The molecule has 0 saturated carbocycles. The lowest BCUT2D eigenvalue weighted by Gasteiger charge is -2.26. The van der Waals surface area contributed by atoms with Crippen molar-refractivity contribution in [2.75, 3.05) is 27.7 Å². The smallest absolute Gasteiger partial charge is 0.251 e. The van der Waals surface area contributed by atoms with E-state index in [1.807, 2.05) is 40.1 Å². The fourth-order valence-corrected chi connectivity index (χ4v) is 3.40. The molecule has 1 atom stereocenters. The van der Waals surface area contributed by atoms with Gasteiger partial charge in [0, 0.05) is 35.8 Å². The van der Waals surface area contributed by atoms with Gasteiger partial charge in [-0.05, 0) is 81.4 Å². The van der Waals surface area contributed by atoms with Crippen molar-refractivity contribution in [1.82, 2.24) is 15.5 Å². The van der Waals surface area contributed by atoms with Crippen LogP contribution in [0.1, 0.15) is 37.4 Å². The van der Waals surface area contributed by atoms with Gasteiger partial charge in [-0.15, -0.1) is 0 Å². The van der Waals surface area contributed by atoms with E-state index in [9.17, 15) is 9.59 Å². The molecule has 28 heavy (non-hydrogen) atoms. The van der Waals surface area contributed by atoms with E-state index in [2.05, 4.69) is 15.5 Å². The highest BCUT2D eigenvalue weighted by molar-refractivity contribution is 6.30. The Bertz CT molecular complexity index is 842. The molecule has 2 aromatic carbocycles. The summed E-state index contributed by atoms with van der Waals surface area (Å²) in [6.45, 7) is 4.55. The van der Waals surface area contributed by atoms with Crippen molar-refractivity contribution in [3.63, 3.8) is 0 Å². The molecule has 5 nitrogen and oxygen atoms in total. The number of amides is 2. The summed E-state index contributed by atoms with van der Waals surface area (Å²) in [7, 11) is 5.63. The quantitative estimate of drug-likeness (QED) is 0.748. The van der Waals surface area contributed by atoms with Crippen LogP contribution in [0.15, 0.2) is 36.4 Å². The predicted octanol–water partition coefficient (Wildman–Crippen LogP) is 3.22. The maximum Gasteiger partial charge on any atom is 0.251 e. The molecule has 150 valence electrons. The number of rotatable bonds is 7. The van der Waals surface area contributed by atoms with Crippen molar-refractivity contribution in [2.24, 2.45) is 0 Å². The molecule has 0 aliphatic rings. The van der Waals surface area contributed by atoms with Crippen molar-refractivity contribution in [1.29, 1.82) is 0 Å². The average molecular weight is 402 g/mol. The van der Waals surface area contributed by atoms with Gasteiger partial charge in [0.05, 0.1) is 0 Å². The number of benzene rings is 2. The van der Waals surface area contributed by atoms with Gasteiger partial charge in [-0.1, -0.05) is 17.7 Å². The Morgan fingerprint density at radius 3 is 2.21 bits per heavy atom. The SMILES string of the molecule is CNC(=O)c1cc(C)c(C[C@@H](CNC(=O)c2cccc(Cl)c2)N(C)C)c(C)c1. The van der Waals surface area contributed by atoms with E-state index in [1.54, 1.807) is 31.3 Å². The van der Waals surface area contributed by atoms with Crippen LogP contribution < -0.4 is 10.6 Å². The number of halogens is 1. The fourth-order valence-electron chi connectivity index (χ4n) is 3.21. The molecule has 0 fully saturated rings. The Balaban J connectivity index is 2.13. The highest BCUT2D eigenvalue weighted by Gasteiger charge is 2.18. The first-order valence-corrected chi connectivity index (χ1v) is 9.63. The molecule has 0 aromatic heterocycles. The maximum absolute atomic E-state index is 12.4. The highest BCUT2D eigenvalue weighted by atomic mass is 35.5. The largest absolute Gasteiger partial charge is 0.355 e. The number of likely N-dealkylation sites (N-methyl/N-ethyl adjacent to an activating group) is 1. The zero-order valence-corrected chi connectivity index (χ0v) is 17.9. The predicted molar refractivity (Wildman–Crippen MR) is 114 cm³/mol. The van der Waals surface area contributed by atoms with E-state index in [0.29, 0.717) is 22.7 Å². The van der Waals surface area contributed by atoms with Crippen molar-refractivity contribution in [2.45, 2.75) is 26.3 Å². The van der Waals surface area contributed by atoms with E-state index < -0.39 is 0 Å². The molecule has 0 aliphatic heterocycles. The molecule has 0 aliphatic carbocycles. The molecule has 0 saturated heterocycles. The van der Waals surface area contributed by atoms with E-state index >= 15 is 0 Å². The number of carbonyl (C=O) groups is 2. The normalized spacial score (nSPS) is 12.0. The van der Waals surface area contributed by atoms with Crippen LogP contribution in [0, 0.1) is 13.8 Å². The zero-order chi connectivity index (χ0) is 20.8. The molecule has 2 aromatic rings. The highest BCUT2D eigenvalue weighted by Crippen LogP contribution is 2.20. The molecule has 0 unspecified atom stereocenters. The first-order chi connectivity index (χ1) is 13.2. The standard InChI is InChI=1S/C22H28ClN3O2/c1-14-9-17(21(27)24-3)10-15(2)20(14)12-19(26(4)5)13-25-22(28)16-7-6-8-18(23)11-16/h6-11,19H,12-13H2,1-5H3,(H,24,27)(H,25,28)/t19-/m0/s1. The van der Waals surface area contributed by atoms with Crippen molar-refractivity contribution in [3.05, 3.63) is 69.2 Å². The lowest BCUT2D eigenvalue weighted by atomic mass is 9.93. The van der Waals surface area contributed by atoms with Gasteiger partial charge in [0.1, 0.15) is 0 Å². The van der Waals surface area contributed by atoms with Crippen molar-refractivity contribution in [3.8, 4) is 0 Å². The van der Waals surface area contributed by atoms with E-state index in [4.69, 9.17) is 11.6 Å². The van der Waals surface area contributed by atoms with Gasteiger partial charge in [-0.25, -0.2) is 0 Å². The summed E-state index contributed by atoms with van der Waals surface area (Å²) in [6.07, 6.45) is 0.772. The number of aryl methyl sites for hydroxylation is 2. The maximum atomic E-state index is 12.4. The Hall–Kier alpha value is -2.37. The molecular formula is C22H28ClN3O2. The Kier molecular flexibility index (Phi) is 7.61. The number of hydrogen-bond acceptors (Lipinski definition) is 3. The summed E-state index contributed by atoms with van der Waals surface area (Å²) in [6, 6.07) is 10.9. The van der Waals surface area contributed by atoms with E-state index in [-0.39, 0.29) is 17.9 Å². The lowest BCUT2D eigenvalue weighted by Crippen LogP contribution is -2.41. The third-order valence-electron chi connectivity index (χ3n) is 4.94. The van der Waals surface area contributed by atoms with Crippen LogP contribution in [0.2, 0.25) is 5.02 Å². The first-order valence-electron chi connectivity index (χ1n) is 9.25. The minimum Gasteiger partial charge on any atom is -0.355 e. The summed E-state index contributed by atoms with van der Waals surface area (Å²) in [5, 5.41) is 6.21. The molecular weight excluding hydrogens is 374 g/mol. The van der Waals surface area contributed by atoms with Crippen molar-refractivity contribution >= 4 is 23.4 Å². The van der Waals surface area contributed by atoms with Crippen LogP contribution in [0.5, 0.6) is 0 Å². The van der Waals surface area contributed by atoms with Crippen LogP contribution in [0.4, 0.5) is 0 Å². The summed E-state index contributed by atoms with van der Waals surface area (Å²) >= 11 is 5.97. The number of carbonyl (C=O) groups excluding carboxylic acids is 2. The minimum atomic E-state index is -0.141. The first kappa shape index (κ1) is 21.9. The summed E-state index contributed by atoms with van der Waals surface area (Å²) in [5.41, 5.74) is 4.56. The molecule has 6 heteroatoms. The number of nitrogens with zero attached hydrogens (tertiary/aromatic N) is 1. The van der Waals surface area contributed by atoms with Gasteiger partial charge >= 0.3 is 0 Å². The molecule has 0 radical (unpaired) electrons. The minimum absolute atomic E-state index is 0.0873. The Morgan fingerprint density at radius 1 is 1.04 bits per heavy atom. The molecule has 2 N–H and O–H groups in total. The van der Waals surface area contributed by atoms with Gasteiger partial charge in [-0.2, -0.15) is 0 Å². The topological polar surface area (TPSA) is 61.4 Å². The van der Waals surface area contributed by atoms with E-state index in [1.165, 1.54) is 5.56 Å². The van der Waals surface area contributed by atoms with Crippen LogP contribution in [-0.4, -0.2) is 50.4 Å². The second-order valence-electron chi connectivity index (χ2n) is 7.21. The summed E-state index contributed by atoms with van der Waals surface area (Å²) in [5.74, 6) is -0.228. The molecule has 0 spiro atoms. The van der Waals surface area contributed by atoms with Gasteiger partial charge in [0.25, 0.3) is 11.8 Å². The summed E-state index contributed by atoms with van der Waals surface area (Å²) in [4.78, 5) is 26.5. The monoisotopic (exact) mass is 401 g/mol. The number of hydrogen-bond donors (Lipinski definition) is 2. The Morgan fingerprint density at radius 2 is 1.68 bits per heavy atom. The third kappa shape index (κ3) is 5.57. The van der Waals surface area contributed by atoms with Crippen LogP contribution in [0.25, 0.3) is 0 Å². The molecule has 0 heterocycles. The third-order valence-corrected chi connectivity index (χ3v) is 5.18. The van der Waals surface area contributed by atoms with E-state index in [0.717, 1.165) is 17.5 Å². The van der Waals surface area contributed by atoms with Gasteiger partial charge in [-0.3, -0.25) is 9.59 Å². The molecule has 2 amide bonds. The van der Waals surface area contributed by atoms with Gasteiger partial charge in [0.15, 0.2) is 0 Å². The number of nitrogens with one attached hydrogen (secondary N) is 2. The average Bonchev–Trinajstić information content (AvgIpc) is 2.65. The summed E-state index contributed by atoms with van der Waals surface area (Å²) < 4.78 is 0. The fraction of sp³-hybridized carbons (Fsp3) is 0.364. The molecule has 0 bridgehead atoms. The van der Waals surface area contributed by atoms with Crippen LogP contribution >= 0.6 is 11.6 Å². The zero-order valence-electron chi connectivity index (χ0n) is 17.1. The van der Waals surface area contributed by atoms with Crippen LogP contribution in [-0.2, 0) is 6.42 Å².